The van der Waals surface area contributed by atoms with E-state index in [1.807, 2.05) is 35.7 Å². The van der Waals surface area contributed by atoms with Gasteiger partial charge in [0.15, 0.2) is 15.0 Å². The summed E-state index contributed by atoms with van der Waals surface area (Å²) in [5, 5.41) is 6.42. The summed E-state index contributed by atoms with van der Waals surface area (Å²) in [5.74, 6) is 0.127. The molecule has 9 heteroatoms. The molecule has 0 radical (unpaired) electrons. The molecule has 2 heterocycles. The number of nitrogens with zero attached hydrogens (tertiary/aromatic N) is 3. The Morgan fingerprint density at radius 3 is 2.45 bits per heavy atom. The minimum atomic E-state index is -3.28. The van der Waals surface area contributed by atoms with Gasteiger partial charge in [-0.15, -0.1) is 17.9 Å². The van der Waals surface area contributed by atoms with Crippen LogP contribution in [0, 0.1) is 6.92 Å². The van der Waals surface area contributed by atoms with Gasteiger partial charge in [-0.05, 0) is 19.1 Å². The zero-order chi connectivity index (χ0) is 23.6. The summed E-state index contributed by atoms with van der Waals surface area (Å²) in [6.45, 7) is 5.73. The van der Waals surface area contributed by atoms with E-state index in [4.69, 9.17) is 4.52 Å². The highest BCUT2D eigenvalue weighted by molar-refractivity contribution is 7.90. The Bertz CT molecular complexity index is 1410. The SMILES string of the molecule is C=CCN(C(=O)c1c(-c2ccccc2)noc1C)c1nc(-c2ccc(S(C)(=O)=O)cc2)cs1. The standard InChI is InChI=1S/C24H21N3O4S2/c1-4-14-27(23(28)21-16(2)31-26-22(21)18-8-6-5-7-9-18)24-25-20(15-32-24)17-10-12-19(13-11-17)33(3,29)30/h4-13,15H,1,14H2,2-3H3. The first-order valence-electron chi connectivity index (χ1n) is 10.00. The minimum absolute atomic E-state index is 0.238. The number of hydrogen-bond donors (Lipinski definition) is 0. The van der Waals surface area contributed by atoms with E-state index in [0.717, 1.165) is 17.4 Å². The number of hydrogen-bond acceptors (Lipinski definition) is 7. The van der Waals surface area contributed by atoms with Gasteiger partial charge in [0.2, 0.25) is 0 Å². The quantitative estimate of drug-likeness (QED) is 0.346. The summed E-state index contributed by atoms with van der Waals surface area (Å²) >= 11 is 1.31. The van der Waals surface area contributed by atoms with E-state index >= 15 is 0 Å². The number of aryl methyl sites for hydroxylation is 1. The molecule has 0 N–H and O–H groups in total. The first kappa shape index (κ1) is 22.6. The van der Waals surface area contributed by atoms with Crippen molar-refractivity contribution in [2.45, 2.75) is 11.8 Å². The van der Waals surface area contributed by atoms with Crippen LogP contribution in [0.25, 0.3) is 22.5 Å². The van der Waals surface area contributed by atoms with Crippen molar-refractivity contribution in [2.75, 3.05) is 17.7 Å². The van der Waals surface area contributed by atoms with Crippen LogP contribution in [0.1, 0.15) is 16.1 Å². The van der Waals surface area contributed by atoms with Crippen LogP contribution >= 0.6 is 11.3 Å². The van der Waals surface area contributed by atoms with E-state index < -0.39 is 9.84 Å². The molecule has 1 amide bonds. The first-order chi connectivity index (χ1) is 15.8. The molecule has 4 rings (SSSR count). The lowest BCUT2D eigenvalue weighted by molar-refractivity contribution is 0.0988. The van der Waals surface area contributed by atoms with E-state index in [9.17, 15) is 13.2 Å². The van der Waals surface area contributed by atoms with Crippen LogP contribution in [0.5, 0.6) is 0 Å². The molecule has 0 saturated carbocycles. The fourth-order valence-corrected chi connectivity index (χ4v) is 4.79. The van der Waals surface area contributed by atoms with Crippen LogP contribution in [0.3, 0.4) is 0 Å². The molecule has 0 atom stereocenters. The molecule has 0 bridgehead atoms. The summed E-state index contributed by atoms with van der Waals surface area (Å²) in [6.07, 6.45) is 2.79. The van der Waals surface area contributed by atoms with Crippen molar-refractivity contribution < 1.29 is 17.7 Å². The summed E-state index contributed by atoms with van der Waals surface area (Å²) in [4.78, 5) is 20.0. The normalized spacial score (nSPS) is 11.3. The van der Waals surface area contributed by atoms with Gasteiger partial charge in [0.1, 0.15) is 17.0 Å². The molecule has 2 aromatic carbocycles. The zero-order valence-electron chi connectivity index (χ0n) is 18.1. The van der Waals surface area contributed by atoms with Gasteiger partial charge in [0.05, 0.1) is 10.6 Å². The number of aromatic nitrogens is 2. The van der Waals surface area contributed by atoms with E-state index in [0.29, 0.717) is 27.8 Å². The number of sulfone groups is 1. The molecule has 0 aliphatic carbocycles. The highest BCUT2D eigenvalue weighted by Crippen LogP contribution is 2.32. The lowest BCUT2D eigenvalue weighted by Crippen LogP contribution is -2.31. The highest BCUT2D eigenvalue weighted by atomic mass is 32.2. The summed E-state index contributed by atoms with van der Waals surface area (Å²) in [6, 6.07) is 15.9. The van der Waals surface area contributed by atoms with Gasteiger partial charge in [-0.2, -0.15) is 0 Å². The Kier molecular flexibility index (Phi) is 6.26. The van der Waals surface area contributed by atoms with E-state index in [1.54, 1.807) is 37.3 Å². The van der Waals surface area contributed by atoms with Crippen molar-refractivity contribution in [3.63, 3.8) is 0 Å². The van der Waals surface area contributed by atoms with Gasteiger partial charge in [-0.25, -0.2) is 13.4 Å². The van der Waals surface area contributed by atoms with Crippen LogP contribution in [0.2, 0.25) is 0 Å². The third kappa shape index (κ3) is 4.64. The smallest absolute Gasteiger partial charge is 0.266 e. The lowest BCUT2D eigenvalue weighted by atomic mass is 10.1. The molecule has 168 valence electrons. The molecule has 0 fully saturated rings. The number of carbonyl (C=O) groups is 1. The second-order valence-corrected chi connectivity index (χ2v) is 10.2. The average Bonchev–Trinajstić information content (AvgIpc) is 3.44. The van der Waals surface area contributed by atoms with Crippen LogP contribution in [0.4, 0.5) is 5.13 Å². The summed E-state index contributed by atoms with van der Waals surface area (Å²) in [7, 11) is -3.28. The van der Waals surface area contributed by atoms with Crippen molar-refractivity contribution in [1.82, 2.24) is 10.1 Å². The van der Waals surface area contributed by atoms with Gasteiger partial charge < -0.3 is 4.52 Å². The summed E-state index contributed by atoms with van der Waals surface area (Å²) in [5.41, 5.74) is 3.02. The molecule has 0 unspecified atom stereocenters. The third-order valence-electron chi connectivity index (χ3n) is 4.98. The van der Waals surface area contributed by atoms with Crippen molar-refractivity contribution >= 4 is 32.2 Å². The average molecular weight is 480 g/mol. The third-order valence-corrected chi connectivity index (χ3v) is 6.97. The zero-order valence-corrected chi connectivity index (χ0v) is 19.7. The molecular weight excluding hydrogens is 458 g/mol. The lowest BCUT2D eigenvalue weighted by Gasteiger charge is -2.18. The molecule has 33 heavy (non-hydrogen) atoms. The monoisotopic (exact) mass is 479 g/mol. The molecule has 0 saturated heterocycles. The molecule has 2 aromatic heterocycles. The predicted molar refractivity (Wildman–Crippen MR) is 129 cm³/mol. The van der Waals surface area contributed by atoms with Gasteiger partial charge in [0, 0.05) is 29.3 Å². The van der Waals surface area contributed by atoms with Gasteiger partial charge >= 0.3 is 0 Å². The minimum Gasteiger partial charge on any atom is -0.360 e. The van der Waals surface area contributed by atoms with Crippen LogP contribution < -0.4 is 4.90 Å². The maximum atomic E-state index is 13.6. The number of benzene rings is 2. The Morgan fingerprint density at radius 2 is 1.82 bits per heavy atom. The number of carbonyl (C=O) groups excluding carboxylic acids is 1. The second kappa shape index (κ2) is 9.13. The Balaban J connectivity index is 1.69. The number of thiazole rings is 1. The van der Waals surface area contributed by atoms with Crippen LogP contribution in [0.15, 0.2) is 82.1 Å². The van der Waals surface area contributed by atoms with Crippen molar-refractivity contribution in [3.05, 3.63) is 84.0 Å². The van der Waals surface area contributed by atoms with Crippen molar-refractivity contribution in [3.8, 4) is 22.5 Å². The van der Waals surface area contributed by atoms with Gasteiger partial charge in [0.25, 0.3) is 5.91 Å². The van der Waals surface area contributed by atoms with E-state index in [-0.39, 0.29) is 17.3 Å². The largest absolute Gasteiger partial charge is 0.360 e. The Morgan fingerprint density at radius 1 is 1.12 bits per heavy atom. The summed E-state index contributed by atoms with van der Waals surface area (Å²) < 4.78 is 28.8. The van der Waals surface area contributed by atoms with Crippen LogP contribution in [-0.4, -0.2) is 37.3 Å². The van der Waals surface area contributed by atoms with Crippen LogP contribution in [-0.2, 0) is 9.84 Å². The number of rotatable bonds is 7. The fraction of sp³-hybridized carbons (Fsp3) is 0.125. The number of amides is 1. The maximum absolute atomic E-state index is 13.6. The molecule has 0 aliphatic rings. The molecular formula is C24H21N3O4S2. The molecule has 0 aliphatic heterocycles. The van der Waals surface area contributed by atoms with Gasteiger partial charge in [-0.3, -0.25) is 9.69 Å². The first-order valence-corrected chi connectivity index (χ1v) is 12.8. The van der Waals surface area contributed by atoms with E-state index in [2.05, 4.69) is 16.7 Å². The predicted octanol–water partition coefficient (Wildman–Crippen LogP) is 5.01. The fourth-order valence-electron chi connectivity index (χ4n) is 3.32. The number of anilines is 1. The Labute approximate surface area is 195 Å². The maximum Gasteiger partial charge on any atom is 0.266 e. The second-order valence-electron chi connectivity index (χ2n) is 7.34. The molecule has 4 aromatic rings. The highest BCUT2D eigenvalue weighted by Gasteiger charge is 2.28. The van der Waals surface area contributed by atoms with Crippen molar-refractivity contribution in [2.24, 2.45) is 0 Å². The topological polar surface area (TPSA) is 93.4 Å². The molecule has 7 nitrogen and oxygen atoms in total. The van der Waals surface area contributed by atoms with E-state index in [1.165, 1.54) is 16.2 Å². The van der Waals surface area contributed by atoms with Gasteiger partial charge in [-0.1, -0.05) is 53.7 Å². The molecule has 0 spiro atoms. The Hall–Kier alpha value is -3.56. The van der Waals surface area contributed by atoms with Crippen molar-refractivity contribution in [1.29, 1.82) is 0 Å².